The Morgan fingerprint density at radius 1 is 1.18 bits per heavy atom. The van der Waals surface area contributed by atoms with Crippen LogP contribution in [0.4, 0.5) is 0 Å². The van der Waals surface area contributed by atoms with E-state index in [1.807, 2.05) is 25.1 Å². The molecular formula is C16H19N5O. The normalized spacial score (nSPS) is 11.0. The van der Waals surface area contributed by atoms with Gasteiger partial charge in [-0.2, -0.15) is 10.1 Å². The van der Waals surface area contributed by atoms with E-state index in [9.17, 15) is 0 Å². The van der Waals surface area contributed by atoms with Gasteiger partial charge in [-0.15, -0.1) is 0 Å². The highest BCUT2D eigenvalue weighted by Crippen LogP contribution is 2.18. The molecular weight excluding hydrogens is 278 g/mol. The van der Waals surface area contributed by atoms with Gasteiger partial charge >= 0.3 is 0 Å². The Kier molecular flexibility index (Phi) is 4.60. The third kappa shape index (κ3) is 3.59. The van der Waals surface area contributed by atoms with Crippen LogP contribution in [0.2, 0.25) is 0 Å². The Labute approximate surface area is 129 Å². The van der Waals surface area contributed by atoms with Gasteiger partial charge < -0.3 is 9.84 Å². The van der Waals surface area contributed by atoms with Crippen LogP contribution in [0.3, 0.4) is 0 Å². The van der Waals surface area contributed by atoms with Crippen LogP contribution in [0.1, 0.15) is 24.0 Å². The molecule has 0 atom stereocenters. The lowest BCUT2D eigenvalue weighted by molar-refractivity contribution is 0.423. The Bertz CT molecular complexity index is 688. The predicted octanol–water partition coefficient (Wildman–Crippen LogP) is 2.35. The number of H-pyrrole nitrogens is 1. The van der Waals surface area contributed by atoms with Crippen LogP contribution >= 0.6 is 0 Å². The molecule has 0 spiro atoms. The molecule has 0 aliphatic carbocycles. The number of aromatic nitrogens is 4. The van der Waals surface area contributed by atoms with Crippen molar-refractivity contribution in [1.29, 1.82) is 0 Å². The molecule has 2 heterocycles. The first-order chi connectivity index (χ1) is 10.8. The summed E-state index contributed by atoms with van der Waals surface area (Å²) >= 11 is 0. The van der Waals surface area contributed by atoms with Gasteiger partial charge in [0.25, 0.3) is 5.89 Å². The largest absolute Gasteiger partial charge is 0.334 e. The fourth-order valence-corrected chi connectivity index (χ4v) is 2.17. The van der Waals surface area contributed by atoms with E-state index in [4.69, 9.17) is 4.52 Å². The van der Waals surface area contributed by atoms with Crippen LogP contribution in [0.25, 0.3) is 11.5 Å². The molecule has 0 aliphatic rings. The van der Waals surface area contributed by atoms with Crippen LogP contribution in [0, 0.1) is 0 Å². The molecule has 2 aromatic heterocycles. The summed E-state index contributed by atoms with van der Waals surface area (Å²) in [5.74, 6) is 1.32. The average Bonchev–Trinajstić information content (AvgIpc) is 3.23. The zero-order chi connectivity index (χ0) is 15.2. The van der Waals surface area contributed by atoms with E-state index in [1.54, 1.807) is 6.20 Å². The molecule has 0 saturated carbocycles. The number of aryl methyl sites for hydroxylation is 1. The van der Waals surface area contributed by atoms with E-state index in [1.165, 1.54) is 5.56 Å². The lowest BCUT2D eigenvalue weighted by atomic mass is 10.1. The first kappa shape index (κ1) is 14.5. The van der Waals surface area contributed by atoms with E-state index in [0.29, 0.717) is 5.89 Å². The van der Waals surface area contributed by atoms with Crippen molar-refractivity contribution >= 4 is 0 Å². The lowest BCUT2D eigenvalue weighted by Crippen LogP contribution is -2.16. The highest BCUT2D eigenvalue weighted by molar-refractivity contribution is 5.53. The molecule has 114 valence electrons. The van der Waals surface area contributed by atoms with Crippen LogP contribution < -0.4 is 5.32 Å². The summed E-state index contributed by atoms with van der Waals surface area (Å²) in [5, 5.41) is 14.1. The SMILES string of the molecule is CCc1noc(-c2ccc(CCNCc3ccn[nH]3)cc2)n1. The summed E-state index contributed by atoms with van der Waals surface area (Å²) in [6.45, 7) is 3.73. The fraction of sp³-hybridized carbons (Fsp3) is 0.312. The summed E-state index contributed by atoms with van der Waals surface area (Å²) in [6.07, 6.45) is 3.51. The minimum atomic E-state index is 0.584. The van der Waals surface area contributed by atoms with Gasteiger partial charge in [0.15, 0.2) is 5.82 Å². The van der Waals surface area contributed by atoms with Crippen molar-refractivity contribution in [2.24, 2.45) is 0 Å². The highest BCUT2D eigenvalue weighted by atomic mass is 16.5. The van der Waals surface area contributed by atoms with E-state index >= 15 is 0 Å². The standard InChI is InChI=1S/C16H19N5O/c1-2-15-19-16(22-21-15)13-5-3-12(4-6-13)7-9-17-11-14-8-10-18-20-14/h3-6,8,10,17H,2,7,9,11H2,1H3,(H,18,20). The predicted molar refractivity (Wildman–Crippen MR) is 83.1 cm³/mol. The zero-order valence-electron chi connectivity index (χ0n) is 12.5. The molecule has 3 rings (SSSR count). The maximum atomic E-state index is 5.24. The Morgan fingerprint density at radius 2 is 2.05 bits per heavy atom. The molecule has 2 N–H and O–H groups in total. The van der Waals surface area contributed by atoms with E-state index < -0.39 is 0 Å². The van der Waals surface area contributed by atoms with Gasteiger partial charge in [-0.1, -0.05) is 24.2 Å². The van der Waals surface area contributed by atoms with Crippen molar-refractivity contribution in [3.8, 4) is 11.5 Å². The second-order valence-corrected chi connectivity index (χ2v) is 5.07. The Balaban J connectivity index is 1.50. The molecule has 0 fully saturated rings. The summed E-state index contributed by atoms with van der Waals surface area (Å²) in [4.78, 5) is 4.33. The smallest absolute Gasteiger partial charge is 0.257 e. The number of aromatic amines is 1. The van der Waals surface area contributed by atoms with Crippen molar-refractivity contribution in [2.45, 2.75) is 26.3 Å². The van der Waals surface area contributed by atoms with Crippen molar-refractivity contribution in [2.75, 3.05) is 6.54 Å². The monoisotopic (exact) mass is 297 g/mol. The quantitative estimate of drug-likeness (QED) is 0.654. The van der Waals surface area contributed by atoms with Gasteiger partial charge in [-0.3, -0.25) is 5.10 Å². The first-order valence-electron chi connectivity index (χ1n) is 7.46. The van der Waals surface area contributed by atoms with E-state index in [2.05, 4.69) is 37.8 Å². The molecule has 6 heteroatoms. The maximum absolute atomic E-state index is 5.24. The van der Waals surface area contributed by atoms with Crippen molar-refractivity contribution in [3.63, 3.8) is 0 Å². The minimum absolute atomic E-state index is 0.584. The number of nitrogens with zero attached hydrogens (tertiary/aromatic N) is 3. The minimum Gasteiger partial charge on any atom is -0.334 e. The molecule has 0 unspecified atom stereocenters. The number of hydrogen-bond acceptors (Lipinski definition) is 5. The van der Waals surface area contributed by atoms with Gasteiger partial charge in [0.2, 0.25) is 0 Å². The third-order valence-corrected chi connectivity index (χ3v) is 3.45. The Hall–Kier alpha value is -2.47. The molecule has 22 heavy (non-hydrogen) atoms. The van der Waals surface area contributed by atoms with Gasteiger partial charge in [-0.25, -0.2) is 0 Å². The molecule has 0 amide bonds. The molecule has 0 aliphatic heterocycles. The van der Waals surface area contributed by atoms with Gasteiger partial charge in [-0.05, 0) is 36.7 Å². The fourth-order valence-electron chi connectivity index (χ4n) is 2.17. The van der Waals surface area contributed by atoms with Crippen LogP contribution in [0.5, 0.6) is 0 Å². The van der Waals surface area contributed by atoms with E-state index in [-0.39, 0.29) is 0 Å². The molecule has 6 nitrogen and oxygen atoms in total. The summed E-state index contributed by atoms with van der Waals surface area (Å²) in [7, 11) is 0. The number of benzene rings is 1. The van der Waals surface area contributed by atoms with Gasteiger partial charge in [0, 0.05) is 30.4 Å². The Morgan fingerprint density at radius 3 is 2.73 bits per heavy atom. The molecule has 0 bridgehead atoms. The third-order valence-electron chi connectivity index (χ3n) is 3.45. The lowest BCUT2D eigenvalue weighted by Gasteiger charge is -2.04. The van der Waals surface area contributed by atoms with E-state index in [0.717, 1.165) is 43.0 Å². The zero-order valence-corrected chi connectivity index (χ0v) is 12.5. The molecule has 1 aromatic carbocycles. The van der Waals surface area contributed by atoms with Crippen molar-refractivity contribution in [3.05, 3.63) is 53.6 Å². The number of nitrogens with one attached hydrogen (secondary N) is 2. The van der Waals surface area contributed by atoms with Crippen molar-refractivity contribution in [1.82, 2.24) is 25.7 Å². The summed E-state index contributed by atoms with van der Waals surface area (Å²) < 4.78 is 5.24. The number of hydrogen-bond donors (Lipinski definition) is 2. The topological polar surface area (TPSA) is 79.6 Å². The summed E-state index contributed by atoms with van der Waals surface area (Å²) in [6, 6.07) is 10.2. The van der Waals surface area contributed by atoms with Gasteiger partial charge in [0.05, 0.1) is 0 Å². The van der Waals surface area contributed by atoms with Gasteiger partial charge in [0.1, 0.15) is 0 Å². The molecule has 0 saturated heterocycles. The molecule has 3 aromatic rings. The van der Waals surface area contributed by atoms with Crippen LogP contribution in [0.15, 0.2) is 41.1 Å². The second-order valence-electron chi connectivity index (χ2n) is 5.07. The average molecular weight is 297 g/mol. The maximum Gasteiger partial charge on any atom is 0.257 e. The van der Waals surface area contributed by atoms with Crippen molar-refractivity contribution < 1.29 is 4.52 Å². The molecule has 0 radical (unpaired) electrons. The second kappa shape index (κ2) is 7.00. The first-order valence-corrected chi connectivity index (χ1v) is 7.46. The van der Waals surface area contributed by atoms with Crippen LogP contribution in [-0.4, -0.2) is 26.9 Å². The highest BCUT2D eigenvalue weighted by Gasteiger charge is 2.07. The number of rotatable bonds is 7. The summed E-state index contributed by atoms with van der Waals surface area (Å²) in [5.41, 5.74) is 3.33. The van der Waals surface area contributed by atoms with Crippen LogP contribution in [-0.2, 0) is 19.4 Å².